The number of phenolic OH excluding ortho intramolecular Hbond substituents is 1. The lowest BCUT2D eigenvalue weighted by Gasteiger charge is -2.16. The predicted molar refractivity (Wildman–Crippen MR) is 61.3 cm³/mol. The topological polar surface area (TPSA) is 69.6 Å². The van der Waals surface area contributed by atoms with E-state index in [1.165, 1.54) is 12.1 Å². The van der Waals surface area contributed by atoms with Crippen molar-refractivity contribution in [3.8, 4) is 5.75 Å². The highest BCUT2D eigenvalue weighted by Crippen LogP contribution is 2.18. The number of carbonyl (C=O) groups is 1. The van der Waals surface area contributed by atoms with E-state index < -0.39 is 12.0 Å². The average molecular weight is 223 g/mol. The number of aliphatic carboxylic acids is 1. The third-order valence-corrected chi connectivity index (χ3v) is 2.18. The van der Waals surface area contributed by atoms with Crippen molar-refractivity contribution in [2.24, 2.45) is 5.92 Å². The Morgan fingerprint density at radius 2 is 2.12 bits per heavy atom. The molecular weight excluding hydrogens is 206 g/mol. The second-order valence-corrected chi connectivity index (χ2v) is 4.17. The number of nitrogens with one attached hydrogen (secondary N) is 1. The van der Waals surface area contributed by atoms with Crippen molar-refractivity contribution < 1.29 is 15.0 Å². The predicted octanol–water partition coefficient (Wildman–Crippen LogP) is 1.76. The summed E-state index contributed by atoms with van der Waals surface area (Å²) in [4.78, 5) is 11.1. The van der Waals surface area contributed by atoms with Crippen LogP contribution in [-0.2, 0) is 4.79 Å². The van der Waals surface area contributed by atoms with Gasteiger partial charge in [0, 0.05) is 0 Å². The van der Waals surface area contributed by atoms with Gasteiger partial charge in [-0.25, -0.2) is 0 Å². The van der Waals surface area contributed by atoms with Gasteiger partial charge in [0.15, 0.2) is 0 Å². The van der Waals surface area contributed by atoms with E-state index in [1.807, 2.05) is 13.8 Å². The molecule has 0 aliphatic heterocycles. The van der Waals surface area contributed by atoms with Crippen molar-refractivity contribution in [2.75, 3.05) is 6.54 Å². The molecule has 0 fully saturated rings. The Bertz CT molecular complexity index is 363. The van der Waals surface area contributed by atoms with Crippen LogP contribution in [0.4, 0.5) is 0 Å². The van der Waals surface area contributed by atoms with Crippen LogP contribution in [0.2, 0.25) is 0 Å². The molecule has 0 aliphatic rings. The van der Waals surface area contributed by atoms with Crippen LogP contribution in [0.5, 0.6) is 5.75 Å². The second kappa shape index (κ2) is 5.51. The minimum Gasteiger partial charge on any atom is -0.508 e. The van der Waals surface area contributed by atoms with Gasteiger partial charge in [0.25, 0.3) is 0 Å². The zero-order valence-corrected chi connectivity index (χ0v) is 9.47. The molecule has 4 heteroatoms. The van der Waals surface area contributed by atoms with Crippen LogP contribution in [0.15, 0.2) is 24.3 Å². The second-order valence-electron chi connectivity index (χ2n) is 4.17. The van der Waals surface area contributed by atoms with Crippen LogP contribution in [-0.4, -0.2) is 22.7 Å². The van der Waals surface area contributed by atoms with Gasteiger partial charge in [-0.1, -0.05) is 26.0 Å². The van der Waals surface area contributed by atoms with Crippen LogP contribution in [0.3, 0.4) is 0 Å². The normalized spacial score (nSPS) is 12.7. The van der Waals surface area contributed by atoms with Crippen molar-refractivity contribution in [3.63, 3.8) is 0 Å². The fourth-order valence-electron chi connectivity index (χ4n) is 1.41. The van der Waals surface area contributed by atoms with E-state index in [1.54, 1.807) is 12.1 Å². The number of rotatable bonds is 5. The first-order valence-electron chi connectivity index (χ1n) is 5.26. The number of phenols is 1. The molecule has 88 valence electrons. The van der Waals surface area contributed by atoms with Gasteiger partial charge in [-0.15, -0.1) is 0 Å². The summed E-state index contributed by atoms with van der Waals surface area (Å²) < 4.78 is 0. The average Bonchev–Trinajstić information content (AvgIpc) is 2.17. The molecule has 0 radical (unpaired) electrons. The molecule has 1 atom stereocenters. The number of carboxylic acid groups (broad SMARTS) is 1. The number of carboxylic acids is 1. The molecule has 0 heterocycles. The third kappa shape index (κ3) is 3.55. The third-order valence-electron chi connectivity index (χ3n) is 2.18. The lowest BCUT2D eigenvalue weighted by molar-refractivity contribution is -0.139. The summed E-state index contributed by atoms with van der Waals surface area (Å²) in [6.07, 6.45) is 0. The van der Waals surface area contributed by atoms with Crippen molar-refractivity contribution >= 4 is 5.97 Å². The number of benzene rings is 1. The van der Waals surface area contributed by atoms with Crippen LogP contribution >= 0.6 is 0 Å². The molecule has 1 rings (SSSR count). The van der Waals surface area contributed by atoms with Gasteiger partial charge >= 0.3 is 5.97 Å². The molecule has 1 aromatic rings. The SMILES string of the molecule is CC(C)CNC(C(=O)O)c1cccc(O)c1. The Morgan fingerprint density at radius 1 is 1.44 bits per heavy atom. The lowest BCUT2D eigenvalue weighted by atomic mass is 10.1. The van der Waals surface area contributed by atoms with Crippen LogP contribution < -0.4 is 5.32 Å². The van der Waals surface area contributed by atoms with E-state index in [0.29, 0.717) is 18.0 Å². The fourth-order valence-corrected chi connectivity index (χ4v) is 1.41. The zero-order chi connectivity index (χ0) is 12.1. The van der Waals surface area contributed by atoms with Gasteiger partial charge in [0.05, 0.1) is 0 Å². The minimum atomic E-state index is -0.939. The molecule has 0 saturated heterocycles. The van der Waals surface area contributed by atoms with Gasteiger partial charge in [0.1, 0.15) is 11.8 Å². The van der Waals surface area contributed by atoms with Gasteiger partial charge in [-0.3, -0.25) is 4.79 Å². The molecule has 0 amide bonds. The summed E-state index contributed by atoms with van der Waals surface area (Å²) >= 11 is 0. The molecule has 3 N–H and O–H groups in total. The van der Waals surface area contributed by atoms with E-state index in [4.69, 9.17) is 5.11 Å². The zero-order valence-electron chi connectivity index (χ0n) is 9.47. The lowest BCUT2D eigenvalue weighted by Crippen LogP contribution is -2.31. The minimum absolute atomic E-state index is 0.0788. The Kier molecular flexibility index (Phi) is 4.31. The monoisotopic (exact) mass is 223 g/mol. The molecule has 0 aromatic heterocycles. The summed E-state index contributed by atoms with van der Waals surface area (Å²) in [6.45, 7) is 4.63. The highest BCUT2D eigenvalue weighted by molar-refractivity contribution is 5.75. The van der Waals surface area contributed by atoms with Gasteiger partial charge < -0.3 is 15.5 Å². The summed E-state index contributed by atoms with van der Waals surface area (Å²) in [5.41, 5.74) is 0.563. The van der Waals surface area contributed by atoms with Gasteiger partial charge in [0.2, 0.25) is 0 Å². The summed E-state index contributed by atoms with van der Waals surface area (Å²) in [5.74, 6) is -0.486. The van der Waals surface area contributed by atoms with Crippen LogP contribution in [0.1, 0.15) is 25.5 Å². The Balaban J connectivity index is 2.81. The van der Waals surface area contributed by atoms with E-state index in [-0.39, 0.29) is 5.75 Å². The maximum Gasteiger partial charge on any atom is 0.325 e. The molecule has 4 nitrogen and oxygen atoms in total. The standard InChI is InChI=1S/C12H17NO3/c1-8(2)7-13-11(12(15)16)9-4-3-5-10(14)6-9/h3-6,8,11,13-14H,7H2,1-2H3,(H,15,16). The highest BCUT2D eigenvalue weighted by Gasteiger charge is 2.19. The molecule has 0 spiro atoms. The van der Waals surface area contributed by atoms with Crippen LogP contribution in [0.25, 0.3) is 0 Å². The largest absolute Gasteiger partial charge is 0.508 e. The molecule has 0 saturated carbocycles. The first-order valence-corrected chi connectivity index (χ1v) is 5.26. The first-order chi connectivity index (χ1) is 7.50. The van der Waals surface area contributed by atoms with Crippen molar-refractivity contribution in [2.45, 2.75) is 19.9 Å². The molecule has 0 aliphatic carbocycles. The summed E-state index contributed by atoms with van der Waals surface area (Å²) in [5, 5.41) is 21.3. The maximum atomic E-state index is 11.1. The highest BCUT2D eigenvalue weighted by atomic mass is 16.4. The quantitative estimate of drug-likeness (QED) is 0.711. The number of hydrogen-bond donors (Lipinski definition) is 3. The molecule has 1 unspecified atom stereocenters. The Hall–Kier alpha value is -1.55. The van der Waals surface area contributed by atoms with Gasteiger partial charge in [-0.2, -0.15) is 0 Å². The molecule has 0 bridgehead atoms. The molecule has 1 aromatic carbocycles. The summed E-state index contributed by atoms with van der Waals surface area (Å²) in [6, 6.07) is 5.54. The number of aromatic hydroxyl groups is 1. The Labute approximate surface area is 94.9 Å². The maximum absolute atomic E-state index is 11.1. The van der Waals surface area contributed by atoms with E-state index in [2.05, 4.69) is 5.32 Å². The van der Waals surface area contributed by atoms with E-state index in [0.717, 1.165) is 0 Å². The fraction of sp³-hybridized carbons (Fsp3) is 0.417. The van der Waals surface area contributed by atoms with E-state index in [9.17, 15) is 9.90 Å². The number of hydrogen-bond acceptors (Lipinski definition) is 3. The first kappa shape index (κ1) is 12.5. The van der Waals surface area contributed by atoms with Crippen LogP contribution in [0, 0.1) is 5.92 Å². The van der Waals surface area contributed by atoms with E-state index >= 15 is 0 Å². The van der Waals surface area contributed by atoms with Crippen molar-refractivity contribution in [1.29, 1.82) is 0 Å². The smallest absolute Gasteiger partial charge is 0.325 e. The van der Waals surface area contributed by atoms with Crippen molar-refractivity contribution in [3.05, 3.63) is 29.8 Å². The Morgan fingerprint density at radius 3 is 2.62 bits per heavy atom. The molecule has 16 heavy (non-hydrogen) atoms. The van der Waals surface area contributed by atoms with Crippen molar-refractivity contribution in [1.82, 2.24) is 5.32 Å². The summed E-state index contributed by atoms with van der Waals surface area (Å²) in [7, 11) is 0. The molecular formula is C12H17NO3. The van der Waals surface area contributed by atoms with Gasteiger partial charge in [-0.05, 0) is 30.2 Å².